The lowest BCUT2D eigenvalue weighted by Crippen LogP contribution is -2.41. The number of aliphatic hydroxyl groups is 1. The van der Waals surface area contributed by atoms with Gasteiger partial charge in [0.25, 0.3) is 0 Å². The zero-order valence-corrected chi connectivity index (χ0v) is 11.8. The number of carbonyl (C=O) groups is 1. The van der Waals surface area contributed by atoms with Crippen LogP contribution in [0.1, 0.15) is 58.8 Å². The summed E-state index contributed by atoms with van der Waals surface area (Å²) >= 11 is 0. The van der Waals surface area contributed by atoms with Crippen LogP contribution in [-0.4, -0.2) is 35.1 Å². The van der Waals surface area contributed by atoms with Crippen molar-refractivity contribution < 1.29 is 9.90 Å². The molecule has 0 radical (unpaired) electrons. The lowest BCUT2D eigenvalue weighted by atomic mass is 9.81. The van der Waals surface area contributed by atoms with Gasteiger partial charge >= 0.3 is 0 Å². The van der Waals surface area contributed by atoms with E-state index < -0.39 is 0 Å². The Balaban J connectivity index is 1.98. The van der Waals surface area contributed by atoms with Gasteiger partial charge in [0.05, 0.1) is 6.10 Å². The molecule has 2 atom stereocenters. The Kier molecular flexibility index (Phi) is 4.31. The van der Waals surface area contributed by atoms with Gasteiger partial charge in [0, 0.05) is 24.4 Å². The molecule has 1 N–H and O–H groups in total. The van der Waals surface area contributed by atoms with Crippen LogP contribution >= 0.6 is 0 Å². The smallest absolute Gasteiger partial charge is 0.228 e. The van der Waals surface area contributed by atoms with E-state index in [1.54, 1.807) is 0 Å². The van der Waals surface area contributed by atoms with E-state index in [0.29, 0.717) is 5.91 Å². The minimum absolute atomic E-state index is 0.135. The first-order valence-corrected chi connectivity index (χ1v) is 7.50. The van der Waals surface area contributed by atoms with E-state index in [-0.39, 0.29) is 17.4 Å². The van der Waals surface area contributed by atoms with E-state index in [9.17, 15) is 9.90 Å². The van der Waals surface area contributed by atoms with Crippen LogP contribution in [0.2, 0.25) is 0 Å². The fourth-order valence-corrected chi connectivity index (χ4v) is 3.47. The molecule has 0 spiro atoms. The topological polar surface area (TPSA) is 40.5 Å². The molecule has 1 aliphatic carbocycles. The molecule has 2 unspecified atom stereocenters. The highest BCUT2D eigenvalue weighted by atomic mass is 16.3. The van der Waals surface area contributed by atoms with Crippen molar-refractivity contribution >= 4 is 5.91 Å². The fourth-order valence-electron chi connectivity index (χ4n) is 3.47. The first-order chi connectivity index (χ1) is 8.53. The summed E-state index contributed by atoms with van der Waals surface area (Å²) < 4.78 is 0. The van der Waals surface area contributed by atoms with Crippen LogP contribution in [-0.2, 0) is 4.79 Å². The summed E-state index contributed by atoms with van der Waals surface area (Å²) in [7, 11) is 0. The number of carbonyl (C=O) groups excluding carboxylic acids is 1. The number of rotatable bonds is 2. The Hall–Kier alpha value is -0.570. The molecular formula is C15H27NO2. The molecule has 1 amide bonds. The van der Waals surface area contributed by atoms with Gasteiger partial charge in [-0.25, -0.2) is 0 Å². The third-order valence-corrected chi connectivity index (χ3v) is 4.92. The van der Waals surface area contributed by atoms with Gasteiger partial charge in [-0.2, -0.15) is 0 Å². The number of hydrogen-bond acceptors (Lipinski definition) is 2. The molecule has 1 saturated heterocycles. The molecule has 3 heteroatoms. The second kappa shape index (κ2) is 5.60. The summed E-state index contributed by atoms with van der Waals surface area (Å²) in [4.78, 5) is 14.7. The summed E-state index contributed by atoms with van der Waals surface area (Å²) in [6, 6.07) is 0. The zero-order valence-electron chi connectivity index (χ0n) is 11.8. The lowest BCUT2D eigenvalue weighted by Gasteiger charge is -2.32. The van der Waals surface area contributed by atoms with Gasteiger partial charge in [0.1, 0.15) is 0 Å². The number of aliphatic hydroxyl groups excluding tert-OH is 1. The van der Waals surface area contributed by atoms with Crippen molar-refractivity contribution in [3.8, 4) is 0 Å². The van der Waals surface area contributed by atoms with E-state index in [1.165, 1.54) is 25.7 Å². The van der Waals surface area contributed by atoms with Crippen molar-refractivity contribution in [2.45, 2.75) is 64.9 Å². The molecule has 104 valence electrons. The number of nitrogens with zero attached hydrogens (tertiary/aromatic N) is 1. The van der Waals surface area contributed by atoms with Gasteiger partial charge in [-0.05, 0) is 26.2 Å². The minimum Gasteiger partial charge on any atom is -0.393 e. The van der Waals surface area contributed by atoms with Crippen molar-refractivity contribution in [1.82, 2.24) is 4.90 Å². The highest BCUT2D eigenvalue weighted by Gasteiger charge is 2.39. The highest BCUT2D eigenvalue weighted by molar-refractivity contribution is 5.82. The third kappa shape index (κ3) is 2.87. The summed E-state index contributed by atoms with van der Waals surface area (Å²) in [5.41, 5.74) is -0.135. The molecule has 1 saturated carbocycles. The first-order valence-electron chi connectivity index (χ1n) is 7.50. The maximum Gasteiger partial charge on any atom is 0.228 e. The van der Waals surface area contributed by atoms with Crippen LogP contribution in [0.3, 0.4) is 0 Å². The maximum atomic E-state index is 12.7. The molecule has 2 fully saturated rings. The van der Waals surface area contributed by atoms with Gasteiger partial charge in [0.15, 0.2) is 0 Å². The monoisotopic (exact) mass is 253 g/mol. The largest absolute Gasteiger partial charge is 0.393 e. The van der Waals surface area contributed by atoms with Crippen molar-refractivity contribution in [1.29, 1.82) is 0 Å². The molecule has 0 aromatic carbocycles. The number of likely N-dealkylation sites (tertiary alicyclic amines) is 1. The number of amides is 1. The van der Waals surface area contributed by atoms with Crippen LogP contribution in [0.4, 0.5) is 0 Å². The molecule has 3 nitrogen and oxygen atoms in total. The predicted octanol–water partition coefficient (Wildman–Crippen LogP) is 2.58. The van der Waals surface area contributed by atoms with Gasteiger partial charge in [-0.15, -0.1) is 0 Å². The van der Waals surface area contributed by atoms with E-state index in [0.717, 1.165) is 32.4 Å². The highest BCUT2D eigenvalue weighted by Crippen LogP contribution is 2.37. The SMILES string of the molecule is CC(O)C1CCN(C(=O)C2(C)CCCCCC2)C1. The van der Waals surface area contributed by atoms with E-state index in [1.807, 2.05) is 11.8 Å². The molecule has 2 rings (SSSR count). The van der Waals surface area contributed by atoms with Crippen molar-refractivity contribution in [3.05, 3.63) is 0 Å². The van der Waals surface area contributed by atoms with Crippen molar-refractivity contribution in [3.63, 3.8) is 0 Å². The average molecular weight is 253 g/mol. The lowest BCUT2D eigenvalue weighted by molar-refractivity contribution is -0.141. The van der Waals surface area contributed by atoms with Gasteiger partial charge in [0.2, 0.25) is 5.91 Å². The van der Waals surface area contributed by atoms with Crippen molar-refractivity contribution in [2.24, 2.45) is 11.3 Å². The molecule has 1 heterocycles. The Morgan fingerprint density at radius 2 is 1.89 bits per heavy atom. The second-order valence-corrected chi connectivity index (χ2v) is 6.52. The predicted molar refractivity (Wildman–Crippen MR) is 72.2 cm³/mol. The molecule has 0 bridgehead atoms. The summed E-state index contributed by atoms with van der Waals surface area (Å²) in [5.74, 6) is 0.621. The quantitative estimate of drug-likeness (QED) is 0.768. The summed E-state index contributed by atoms with van der Waals surface area (Å²) in [6.07, 6.45) is 7.69. The molecule has 2 aliphatic rings. The minimum atomic E-state index is -0.287. The fraction of sp³-hybridized carbons (Fsp3) is 0.933. The van der Waals surface area contributed by atoms with E-state index >= 15 is 0 Å². The van der Waals surface area contributed by atoms with Crippen LogP contribution in [0, 0.1) is 11.3 Å². The standard InChI is InChI=1S/C15H27NO2/c1-12(17)13-7-10-16(11-13)14(18)15(2)8-5-3-4-6-9-15/h12-13,17H,3-11H2,1-2H3. The van der Waals surface area contributed by atoms with Gasteiger partial charge < -0.3 is 10.0 Å². The number of hydrogen-bond donors (Lipinski definition) is 1. The molecule has 18 heavy (non-hydrogen) atoms. The Bertz CT molecular complexity index is 293. The third-order valence-electron chi connectivity index (χ3n) is 4.92. The van der Waals surface area contributed by atoms with Gasteiger partial charge in [-0.3, -0.25) is 4.79 Å². The van der Waals surface area contributed by atoms with Gasteiger partial charge in [-0.1, -0.05) is 32.6 Å². The van der Waals surface area contributed by atoms with E-state index in [2.05, 4.69) is 6.92 Å². The zero-order chi connectivity index (χ0) is 13.2. The average Bonchev–Trinajstić information content (AvgIpc) is 2.72. The van der Waals surface area contributed by atoms with Crippen LogP contribution < -0.4 is 0 Å². The molecule has 0 aromatic heterocycles. The van der Waals surface area contributed by atoms with E-state index in [4.69, 9.17) is 0 Å². The first kappa shape index (κ1) is 13.9. The van der Waals surface area contributed by atoms with Crippen LogP contribution in [0.25, 0.3) is 0 Å². The summed E-state index contributed by atoms with van der Waals surface area (Å²) in [6.45, 7) is 5.58. The Morgan fingerprint density at radius 1 is 1.28 bits per heavy atom. The maximum absolute atomic E-state index is 12.7. The van der Waals surface area contributed by atoms with Crippen LogP contribution in [0.5, 0.6) is 0 Å². The van der Waals surface area contributed by atoms with Crippen LogP contribution in [0.15, 0.2) is 0 Å². The Labute approximate surface area is 111 Å². The summed E-state index contributed by atoms with van der Waals surface area (Å²) in [5, 5.41) is 9.63. The Morgan fingerprint density at radius 3 is 2.39 bits per heavy atom. The second-order valence-electron chi connectivity index (χ2n) is 6.52. The molecule has 1 aliphatic heterocycles. The molecule has 0 aromatic rings. The normalized spacial score (nSPS) is 29.9. The molecular weight excluding hydrogens is 226 g/mol. The van der Waals surface area contributed by atoms with Crippen molar-refractivity contribution in [2.75, 3.05) is 13.1 Å².